The van der Waals surface area contributed by atoms with Crippen molar-refractivity contribution in [1.29, 1.82) is 0 Å². The lowest BCUT2D eigenvalue weighted by molar-refractivity contribution is 0.659. The molecule has 0 amide bonds. The number of rotatable bonds is 4. The van der Waals surface area contributed by atoms with E-state index in [1.54, 1.807) is 0 Å². The van der Waals surface area contributed by atoms with Crippen LogP contribution in [0, 0.1) is 6.92 Å². The van der Waals surface area contributed by atoms with Crippen molar-refractivity contribution in [3.8, 4) is 77.9 Å². The quantitative estimate of drug-likeness (QED) is 0.166. The van der Waals surface area contributed by atoms with Gasteiger partial charge in [0.25, 0.3) is 0 Å². The van der Waals surface area contributed by atoms with E-state index in [2.05, 4.69) is 237 Å². The second-order valence-electron chi connectivity index (χ2n) is 21.0. The molecule has 10 aromatic carbocycles. The van der Waals surface area contributed by atoms with Crippen LogP contribution in [0.4, 0.5) is 0 Å². The molecule has 0 aliphatic heterocycles. The van der Waals surface area contributed by atoms with Gasteiger partial charge in [0.2, 0.25) is 0 Å². The maximum atomic E-state index is 2.48. The summed E-state index contributed by atoms with van der Waals surface area (Å²) in [4.78, 5) is 0. The minimum absolute atomic E-state index is 0.119. The lowest BCUT2D eigenvalue weighted by atomic mass is 9.79. The molecule has 66 heavy (non-hydrogen) atoms. The third-order valence-corrected chi connectivity index (χ3v) is 16.3. The Morgan fingerprint density at radius 3 is 0.955 bits per heavy atom. The zero-order valence-electron chi connectivity index (χ0n) is 38.9. The lowest BCUT2D eigenvalue weighted by Gasteiger charge is -2.24. The van der Waals surface area contributed by atoms with Crippen LogP contribution >= 0.6 is 0 Å². The highest BCUT2D eigenvalue weighted by Crippen LogP contribution is 2.55. The number of benzene rings is 10. The third kappa shape index (κ3) is 5.51. The van der Waals surface area contributed by atoms with Gasteiger partial charge >= 0.3 is 0 Å². The van der Waals surface area contributed by atoms with Crippen molar-refractivity contribution in [1.82, 2.24) is 0 Å². The van der Waals surface area contributed by atoms with Crippen LogP contribution in [0.3, 0.4) is 0 Å². The Labute approximate surface area is 389 Å². The maximum absolute atomic E-state index is 2.48. The number of hydrogen-bond donors (Lipinski definition) is 0. The zero-order valence-corrected chi connectivity index (χ0v) is 38.9. The Bertz CT molecular complexity index is 3740. The fraction of sp³-hybridized carbons (Fsp3) is 0.152. The molecule has 13 rings (SSSR count). The van der Waals surface area contributed by atoms with E-state index >= 15 is 0 Å². The summed E-state index contributed by atoms with van der Waals surface area (Å²) < 4.78 is 0. The van der Waals surface area contributed by atoms with Gasteiger partial charge in [-0.2, -0.15) is 0 Å². The topological polar surface area (TPSA) is 0 Å². The Balaban J connectivity index is 0.802. The molecule has 10 aromatic rings. The fourth-order valence-corrected chi connectivity index (χ4v) is 12.4. The van der Waals surface area contributed by atoms with Crippen molar-refractivity contribution >= 4 is 21.5 Å². The van der Waals surface area contributed by atoms with Crippen molar-refractivity contribution in [2.75, 3.05) is 0 Å². The standard InChI is InChI=1S/C66H52/c1-39-50-15-11-10-13-41(50)18-25-51(39)49-24-31-57-56-30-23-48(37-62(56)66(6,7)63(57)38-49)47-22-29-55-54-28-21-46(35-60(54)65(4,5)61(55)36-47)45-20-27-53-52-26-19-44(33-58(52)64(2,3)59(53)34-45)43-17-16-40-12-8-9-14-42(40)32-43/h8-38H,1-7H3. The molecule has 0 heteroatoms. The maximum Gasteiger partial charge on any atom is 0.0159 e. The lowest BCUT2D eigenvalue weighted by Crippen LogP contribution is -2.16. The van der Waals surface area contributed by atoms with Crippen LogP contribution in [0.25, 0.3) is 99.4 Å². The molecule has 0 radical (unpaired) electrons. The van der Waals surface area contributed by atoms with E-state index in [1.807, 2.05) is 0 Å². The largest absolute Gasteiger partial charge is 0.0616 e. The van der Waals surface area contributed by atoms with E-state index in [-0.39, 0.29) is 16.2 Å². The van der Waals surface area contributed by atoms with Crippen molar-refractivity contribution in [3.05, 3.63) is 227 Å². The van der Waals surface area contributed by atoms with Crippen LogP contribution < -0.4 is 0 Å². The Hall–Kier alpha value is -7.28. The van der Waals surface area contributed by atoms with Crippen LogP contribution in [-0.2, 0) is 16.2 Å². The molecule has 0 saturated heterocycles. The SMILES string of the molecule is Cc1c(-c2ccc3c(c2)C(C)(C)c2cc(-c4ccc5c(c4)C(C)(C)c4cc(-c6ccc7c(c6)C(C)(C)c6cc(-c8ccc9ccccc9c8)ccc6-7)ccc4-5)ccc2-3)ccc2ccccc12. The summed E-state index contributed by atoms with van der Waals surface area (Å²) in [6, 6.07) is 71.8. The van der Waals surface area contributed by atoms with Gasteiger partial charge in [0, 0.05) is 16.2 Å². The molecule has 0 bridgehead atoms. The molecule has 316 valence electrons. The number of hydrogen-bond acceptors (Lipinski definition) is 0. The smallest absolute Gasteiger partial charge is 0.0159 e. The summed E-state index contributed by atoms with van der Waals surface area (Å²) in [5, 5.41) is 5.17. The second kappa shape index (κ2) is 13.6. The molecule has 0 nitrogen and oxygen atoms in total. The van der Waals surface area contributed by atoms with Crippen LogP contribution in [-0.4, -0.2) is 0 Å². The summed E-state index contributed by atoms with van der Waals surface area (Å²) >= 11 is 0. The van der Waals surface area contributed by atoms with E-state index in [0.29, 0.717) is 0 Å². The Morgan fingerprint density at radius 2 is 0.530 bits per heavy atom. The summed E-state index contributed by atoms with van der Waals surface area (Å²) in [6.45, 7) is 16.7. The van der Waals surface area contributed by atoms with Crippen LogP contribution in [0.2, 0.25) is 0 Å². The van der Waals surface area contributed by atoms with Crippen LogP contribution in [0.15, 0.2) is 188 Å². The minimum atomic E-state index is -0.147. The van der Waals surface area contributed by atoms with Crippen LogP contribution in [0.1, 0.15) is 80.5 Å². The highest BCUT2D eigenvalue weighted by molar-refractivity contribution is 5.94. The van der Waals surface area contributed by atoms with Crippen molar-refractivity contribution in [2.45, 2.75) is 64.7 Å². The van der Waals surface area contributed by atoms with E-state index in [9.17, 15) is 0 Å². The van der Waals surface area contributed by atoms with Gasteiger partial charge in [-0.25, -0.2) is 0 Å². The summed E-state index contributed by atoms with van der Waals surface area (Å²) in [5.74, 6) is 0. The molecule has 0 N–H and O–H groups in total. The molecule has 0 spiro atoms. The average Bonchev–Trinajstić information content (AvgIpc) is 3.82. The van der Waals surface area contributed by atoms with Crippen molar-refractivity contribution in [3.63, 3.8) is 0 Å². The Morgan fingerprint density at radius 1 is 0.242 bits per heavy atom. The van der Waals surface area contributed by atoms with Gasteiger partial charge in [-0.15, -0.1) is 0 Å². The van der Waals surface area contributed by atoms with E-state index in [1.165, 1.54) is 138 Å². The predicted octanol–water partition coefficient (Wildman–Crippen LogP) is 17.9. The molecular formula is C66H52. The first-order valence-corrected chi connectivity index (χ1v) is 23.7. The molecule has 0 aromatic heterocycles. The van der Waals surface area contributed by atoms with Gasteiger partial charge in [-0.05, 0) is 188 Å². The molecule has 3 aliphatic carbocycles. The number of fused-ring (bicyclic) bond motifs is 11. The number of aryl methyl sites for hydroxylation is 1. The van der Waals surface area contributed by atoms with Gasteiger partial charge < -0.3 is 0 Å². The fourth-order valence-electron chi connectivity index (χ4n) is 12.4. The van der Waals surface area contributed by atoms with E-state index in [4.69, 9.17) is 0 Å². The van der Waals surface area contributed by atoms with Gasteiger partial charge in [0.1, 0.15) is 0 Å². The highest BCUT2D eigenvalue weighted by atomic mass is 14.4. The summed E-state index contributed by atoms with van der Waals surface area (Å²) in [5.41, 5.74) is 27.7. The molecular weight excluding hydrogens is 793 g/mol. The average molecular weight is 845 g/mol. The molecule has 0 fully saturated rings. The van der Waals surface area contributed by atoms with Crippen molar-refractivity contribution in [2.24, 2.45) is 0 Å². The van der Waals surface area contributed by atoms with Gasteiger partial charge in [-0.1, -0.05) is 187 Å². The predicted molar refractivity (Wildman–Crippen MR) is 281 cm³/mol. The molecule has 3 aliphatic rings. The van der Waals surface area contributed by atoms with E-state index < -0.39 is 0 Å². The van der Waals surface area contributed by atoms with Gasteiger partial charge in [0.15, 0.2) is 0 Å². The minimum Gasteiger partial charge on any atom is -0.0616 e. The molecule has 0 saturated carbocycles. The molecule has 0 atom stereocenters. The van der Waals surface area contributed by atoms with Gasteiger partial charge in [0.05, 0.1) is 0 Å². The first-order valence-electron chi connectivity index (χ1n) is 23.7. The summed E-state index contributed by atoms with van der Waals surface area (Å²) in [7, 11) is 0. The second-order valence-corrected chi connectivity index (χ2v) is 21.0. The zero-order chi connectivity index (χ0) is 44.9. The first-order chi connectivity index (χ1) is 31.9. The van der Waals surface area contributed by atoms with Crippen LogP contribution in [0.5, 0.6) is 0 Å². The first kappa shape index (κ1) is 39.1. The molecule has 0 heterocycles. The Kier molecular flexibility index (Phi) is 8.08. The normalized spacial score (nSPS) is 15.3. The monoisotopic (exact) mass is 844 g/mol. The molecule has 0 unspecified atom stereocenters. The van der Waals surface area contributed by atoms with Crippen molar-refractivity contribution < 1.29 is 0 Å². The highest BCUT2D eigenvalue weighted by Gasteiger charge is 2.39. The summed E-state index contributed by atoms with van der Waals surface area (Å²) in [6.07, 6.45) is 0. The van der Waals surface area contributed by atoms with E-state index in [0.717, 1.165) is 0 Å². The van der Waals surface area contributed by atoms with Gasteiger partial charge in [-0.3, -0.25) is 0 Å². The third-order valence-electron chi connectivity index (χ3n) is 16.3.